The van der Waals surface area contributed by atoms with Crippen LogP contribution in [0, 0.1) is 5.82 Å². The lowest BCUT2D eigenvalue weighted by Gasteiger charge is -2.02. The molecule has 2 aromatic rings. The Kier molecular flexibility index (Phi) is 3.38. The van der Waals surface area contributed by atoms with Crippen LogP contribution in [0.25, 0.3) is 0 Å². The van der Waals surface area contributed by atoms with Crippen LogP contribution in [-0.4, -0.2) is 10.4 Å². The third-order valence-corrected chi connectivity index (χ3v) is 2.65. The summed E-state index contributed by atoms with van der Waals surface area (Å²) in [7, 11) is 0. The largest absolute Gasteiger partial charge is 0.349 e. The second-order valence-electron chi connectivity index (χ2n) is 3.98. The first kappa shape index (κ1) is 11.6. The van der Waals surface area contributed by atoms with Gasteiger partial charge in [0.1, 0.15) is 5.82 Å². The van der Waals surface area contributed by atoms with E-state index >= 15 is 0 Å². The fraction of sp³-hybridized carbons (Fsp3) is 0.214. The molecular formula is C14H14FNO. The maximum Gasteiger partial charge on any atom is 0.164 e. The molecule has 3 heteroatoms. The van der Waals surface area contributed by atoms with Gasteiger partial charge in [0.05, 0.1) is 0 Å². The van der Waals surface area contributed by atoms with Gasteiger partial charge in [-0.1, -0.05) is 19.1 Å². The van der Waals surface area contributed by atoms with E-state index in [4.69, 9.17) is 0 Å². The molecule has 2 rings (SSSR count). The Labute approximate surface area is 99.7 Å². The average molecular weight is 231 g/mol. The molecule has 0 saturated carbocycles. The van der Waals surface area contributed by atoms with E-state index in [-0.39, 0.29) is 11.6 Å². The van der Waals surface area contributed by atoms with Crippen molar-refractivity contribution in [2.24, 2.45) is 0 Å². The molecule has 1 aromatic carbocycles. The van der Waals surface area contributed by atoms with Crippen LogP contribution in [0.15, 0.2) is 42.7 Å². The van der Waals surface area contributed by atoms with E-state index in [0.29, 0.717) is 18.5 Å². The second kappa shape index (κ2) is 4.95. The number of aromatic nitrogens is 1. The molecule has 0 fully saturated rings. The van der Waals surface area contributed by atoms with Crippen LogP contribution in [0.1, 0.15) is 29.3 Å². The number of ketones is 1. The van der Waals surface area contributed by atoms with Crippen molar-refractivity contribution in [2.45, 2.75) is 19.9 Å². The Hall–Kier alpha value is -1.90. The number of carbonyl (C=O) groups is 1. The fourth-order valence-electron chi connectivity index (χ4n) is 1.75. The SMILES string of the molecule is CCC(=O)c1ccn(Cc2cccc(F)c2)c1. The van der Waals surface area contributed by atoms with E-state index in [2.05, 4.69) is 0 Å². The molecule has 0 radical (unpaired) electrons. The summed E-state index contributed by atoms with van der Waals surface area (Å²) >= 11 is 0. The average Bonchev–Trinajstić information content (AvgIpc) is 2.76. The number of hydrogen-bond donors (Lipinski definition) is 0. The molecule has 0 saturated heterocycles. The van der Waals surface area contributed by atoms with Gasteiger partial charge in [-0.25, -0.2) is 4.39 Å². The van der Waals surface area contributed by atoms with E-state index in [9.17, 15) is 9.18 Å². The first-order valence-corrected chi connectivity index (χ1v) is 5.62. The molecule has 0 spiro atoms. The minimum Gasteiger partial charge on any atom is -0.349 e. The molecule has 0 aliphatic heterocycles. The van der Waals surface area contributed by atoms with Gasteiger partial charge in [-0.3, -0.25) is 4.79 Å². The van der Waals surface area contributed by atoms with Crippen LogP contribution < -0.4 is 0 Å². The van der Waals surface area contributed by atoms with Gasteiger partial charge in [0.15, 0.2) is 5.78 Å². The highest BCUT2D eigenvalue weighted by Gasteiger charge is 2.05. The standard InChI is InChI=1S/C14H14FNO/c1-2-14(17)12-6-7-16(10-12)9-11-4-3-5-13(15)8-11/h3-8,10H,2,9H2,1H3. The second-order valence-corrected chi connectivity index (χ2v) is 3.98. The Balaban J connectivity index is 2.14. The molecule has 0 N–H and O–H groups in total. The highest BCUT2D eigenvalue weighted by atomic mass is 19.1. The number of hydrogen-bond acceptors (Lipinski definition) is 1. The zero-order chi connectivity index (χ0) is 12.3. The number of rotatable bonds is 4. The summed E-state index contributed by atoms with van der Waals surface area (Å²) in [5.41, 5.74) is 1.60. The first-order valence-electron chi connectivity index (χ1n) is 5.62. The third-order valence-electron chi connectivity index (χ3n) is 2.65. The van der Waals surface area contributed by atoms with Gasteiger partial charge in [0, 0.05) is 30.9 Å². The van der Waals surface area contributed by atoms with E-state index in [1.54, 1.807) is 18.3 Å². The first-order chi connectivity index (χ1) is 8.19. The molecule has 0 aliphatic rings. The molecule has 1 heterocycles. The number of Topliss-reactive ketones (excluding diaryl/α,β-unsaturated/α-hetero) is 1. The van der Waals surface area contributed by atoms with Crippen molar-refractivity contribution in [2.75, 3.05) is 0 Å². The van der Waals surface area contributed by atoms with Crippen molar-refractivity contribution in [3.8, 4) is 0 Å². The Morgan fingerprint density at radius 1 is 1.35 bits per heavy atom. The molecule has 2 nitrogen and oxygen atoms in total. The summed E-state index contributed by atoms with van der Waals surface area (Å²) in [6.07, 6.45) is 4.15. The summed E-state index contributed by atoms with van der Waals surface area (Å²) in [6.45, 7) is 2.42. The smallest absolute Gasteiger partial charge is 0.164 e. The predicted octanol–water partition coefficient (Wildman–Crippen LogP) is 3.27. The summed E-state index contributed by atoms with van der Waals surface area (Å²) in [6, 6.07) is 8.27. The number of carbonyl (C=O) groups excluding carboxylic acids is 1. The maximum atomic E-state index is 13.0. The molecular weight excluding hydrogens is 217 g/mol. The van der Waals surface area contributed by atoms with E-state index in [0.717, 1.165) is 5.56 Å². The Morgan fingerprint density at radius 3 is 2.88 bits per heavy atom. The van der Waals surface area contributed by atoms with Crippen molar-refractivity contribution in [1.29, 1.82) is 0 Å². The highest BCUT2D eigenvalue weighted by Crippen LogP contribution is 2.09. The lowest BCUT2D eigenvalue weighted by Crippen LogP contribution is -1.98. The number of benzene rings is 1. The van der Waals surface area contributed by atoms with E-state index < -0.39 is 0 Å². The number of halogens is 1. The van der Waals surface area contributed by atoms with Crippen molar-refractivity contribution in [3.05, 3.63) is 59.7 Å². The lowest BCUT2D eigenvalue weighted by molar-refractivity contribution is 0.0988. The fourth-order valence-corrected chi connectivity index (χ4v) is 1.75. The van der Waals surface area contributed by atoms with Crippen LogP contribution in [-0.2, 0) is 6.54 Å². The Bertz CT molecular complexity index is 531. The third kappa shape index (κ3) is 2.81. The number of nitrogens with zero attached hydrogens (tertiary/aromatic N) is 1. The van der Waals surface area contributed by atoms with Gasteiger partial charge in [0.25, 0.3) is 0 Å². The molecule has 0 atom stereocenters. The minimum absolute atomic E-state index is 0.128. The van der Waals surface area contributed by atoms with Crippen molar-refractivity contribution >= 4 is 5.78 Å². The van der Waals surface area contributed by atoms with Crippen LogP contribution in [0.3, 0.4) is 0 Å². The van der Waals surface area contributed by atoms with Crippen molar-refractivity contribution < 1.29 is 9.18 Å². The van der Waals surface area contributed by atoms with Crippen LogP contribution in [0.4, 0.5) is 4.39 Å². The maximum absolute atomic E-state index is 13.0. The quantitative estimate of drug-likeness (QED) is 0.740. The van der Waals surface area contributed by atoms with Gasteiger partial charge in [0.2, 0.25) is 0 Å². The van der Waals surface area contributed by atoms with Gasteiger partial charge < -0.3 is 4.57 Å². The normalized spacial score (nSPS) is 10.5. The topological polar surface area (TPSA) is 22.0 Å². The van der Waals surface area contributed by atoms with Gasteiger partial charge in [-0.05, 0) is 23.8 Å². The zero-order valence-corrected chi connectivity index (χ0v) is 9.69. The van der Waals surface area contributed by atoms with Gasteiger partial charge in [-0.2, -0.15) is 0 Å². The van der Waals surface area contributed by atoms with Crippen LogP contribution >= 0.6 is 0 Å². The molecule has 0 bridgehead atoms. The summed E-state index contributed by atoms with van der Waals surface area (Å²) in [5.74, 6) is -0.109. The lowest BCUT2D eigenvalue weighted by atomic mass is 10.2. The molecule has 0 amide bonds. The van der Waals surface area contributed by atoms with Crippen molar-refractivity contribution in [1.82, 2.24) is 4.57 Å². The molecule has 1 aromatic heterocycles. The zero-order valence-electron chi connectivity index (χ0n) is 9.69. The minimum atomic E-state index is -0.237. The highest BCUT2D eigenvalue weighted by molar-refractivity contribution is 5.95. The van der Waals surface area contributed by atoms with E-state index in [1.807, 2.05) is 23.8 Å². The molecule has 17 heavy (non-hydrogen) atoms. The van der Waals surface area contributed by atoms with E-state index in [1.165, 1.54) is 12.1 Å². The summed E-state index contributed by atoms with van der Waals surface area (Å²) in [5, 5.41) is 0. The molecule has 88 valence electrons. The van der Waals surface area contributed by atoms with Crippen molar-refractivity contribution in [3.63, 3.8) is 0 Å². The van der Waals surface area contributed by atoms with Crippen LogP contribution in [0.2, 0.25) is 0 Å². The molecule has 0 unspecified atom stereocenters. The summed E-state index contributed by atoms with van der Waals surface area (Å²) in [4.78, 5) is 11.5. The monoisotopic (exact) mass is 231 g/mol. The van der Waals surface area contributed by atoms with Gasteiger partial charge >= 0.3 is 0 Å². The molecule has 0 aliphatic carbocycles. The summed E-state index contributed by atoms with van der Waals surface area (Å²) < 4.78 is 14.9. The predicted molar refractivity (Wildman–Crippen MR) is 64.6 cm³/mol. The Morgan fingerprint density at radius 2 is 2.18 bits per heavy atom. The van der Waals surface area contributed by atoms with Crippen LogP contribution in [0.5, 0.6) is 0 Å². The van der Waals surface area contributed by atoms with Gasteiger partial charge in [-0.15, -0.1) is 0 Å².